The Labute approximate surface area is 109 Å². The van der Waals surface area contributed by atoms with Gasteiger partial charge in [-0.2, -0.15) is 0 Å². The van der Waals surface area contributed by atoms with Crippen molar-refractivity contribution in [3.05, 3.63) is 23.8 Å². The van der Waals surface area contributed by atoms with Crippen LogP contribution < -0.4 is 0 Å². The Bertz CT molecular complexity index is 589. The quantitative estimate of drug-likeness (QED) is 0.534. The normalized spacial score (nSPS) is 11.9. The molecule has 0 bridgehead atoms. The summed E-state index contributed by atoms with van der Waals surface area (Å²) >= 11 is 0. The molecule has 9 heteroatoms. The molecule has 1 radical (unpaired) electrons. The van der Waals surface area contributed by atoms with Crippen LogP contribution in [0.4, 0.5) is 0 Å². The maximum Gasteiger partial charge on any atom is 2.00 e. The van der Waals surface area contributed by atoms with Crippen LogP contribution in [0.25, 0.3) is 0 Å². The molecular weight excluding hydrogens is 352 g/mol. The van der Waals surface area contributed by atoms with E-state index in [2.05, 4.69) is 0 Å². The van der Waals surface area contributed by atoms with Crippen LogP contribution in [0.1, 0.15) is 5.56 Å². The van der Waals surface area contributed by atoms with Crippen LogP contribution in [-0.2, 0) is 42.6 Å². The first kappa shape index (κ1) is 15.8. The van der Waals surface area contributed by atoms with Crippen molar-refractivity contribution in [1.29, 1.82) is 0 Å². The minimum Gasteiger partial charge on any atom is -0.744 e. The van der Waals surface area contributed by atoms with Crippen LogP contribution in [0.3, 0.4) is 0 Å². The Hall–Kier alpha value is -0.220. The molecule has 6 nitrogen and oxygen atoms in total. The summed E-state index contributed by atoms with van der Waals surface area (Å²) in [7, 11) is -9.93. The zero-order valence-corrected chi connectivity index (χ0v) is 10.9. The first-order chi connectivity index (χ1) is 6.62. The summed E-state index contributed by atoms with van der Waals surface area (Å²) in [6, 6.07) is 2.90. The summed E-state index contributed by atoms with van der Waals surface area (Å²) < 4.78 is 64.0. The number of hydrogen-bond donors (Lipinski definition) is 0. The molecule has 0 aromatic heterocycles. The standard InChI is InChI=1S/C7H8O6S2.Ag/c1-5-2-3-6(14(8,9)10)7(4-5)15(11,12)13;/h2-4H,1H3,(H,8,9,10)(H,11,12,13);/q;+2/p-2. The Balaban J connectivity index is 0.00000225. The van der Waals surface area contributed by atoms with Crippen molar-refractivity contribution in [2.24, 2.45) is 0 Å². The molecule has 93 valence electrons. The van der Waals surface area contributed by atoms with E-state index in [1.165, 1.54) is 13.0 Å². The van der Waals surface area contributed by atoms with Gasteiger partial charge in [0.05, 0.1) is 9.79 Å². The average molecular weight is 358 g/mol. The predicted octanol–water partition coefficient (Wildman–Crippen LogP) is -0.199. The van der Waals surface area contributed by atoms with E-state index in [1.54, 1.807) is 0 Å². The van der Waals surface area contributed by atoms with Gasteiger partial charge < -0.3 is 9.11 Å². The minimum absolute atomic E-state index is 0. The summed E-state index contributed by atoms with van der Waals surface area (Å²) in [4.78, 5) is -2.01. The van der Waals surface area contributed by atoms with Crippen molar-refractivity contribution in [3.63, 3.8) is 0 Å². The van der Waals surface area contributed by atoms with E-state index in [0.29, 0.717) is 5.56 Å². The van der Waals surface area contributed by atoms with Crippen LogP contribution in [0.5, 0.6) is 0 Å². The minimum atomic E-state index is -4.97. The van der Waals surface area contributed by atoms with Gasteiger partial charge >= 0.3 is 22.4 Å². The molecule has 1 aromatic rings. The largest absolute Gasteiger partial charge is 2.00 e. The third-order valence-corrected chi connectivity index (χ3v) is 3.54. The van der Waals surface area contributed by atoms with Crippen molar-refractivity contribution in [3.8, 4) is 0 Å². The van der Waals surface area contributed by atoms with Gasteiger partial charge in [0.2, 0.25) is 0 Å². The molecule has 0 saturated carbocycles. The van der Waals surface area contributed by atoms with E-state index < -0.39 is 30.0 Å². The Morgan fingerprint density at radius 3 is 1.75 bits per heavy atom. The van der Waals surface area contributed by atoms with Crippen molar-refractivity contribution < 1.29 is 48.3 Å². The first-order valence-corrected chi connectivity index (χ1v) is 6.46. The van der Waals surface area contributed by atoms with Crippen molar-refractivity contribution in [1.82, 2.24) is 0 Å². The Kier molecular flexibility index (Phi) is 4.90. The second-order valence-corrected chi connectivity index (χ2v) is 5.55. The van der Waals surface area contributed by atoms with Crippen molar-refractivity contribution >= 4 is 20.2 Å². The second-order valence-electron chi connectivity index (χ2n) is 2.86. The fourth-order valence-corrected chi connectivity index (χ4v) is 2.81. The molecule has 0 aliphatic rings. The Morgan fingerprint density at radius 2 is 1.38 bits per heavy atom. The smallest absolute Gasteiger partial charge is 0.744 e. The fourth-order valence-electron chi connectivity index (χ4n) is 1.02. The predicted molar refractivity (Wildman–Crippen MR) is 47.1 cm³/mol. The second kappa shape index (κ2) is 4.96. The number of rotatable bonds is 2. The van der Waals surface area contributed by atoms with Crippen LogP contribution >= 0.6 is 0 Å². The number of hydrogen-bond acceptors (Lipinski definition) is 6. The van der Waals surface area contributed by atoms with Crippen molar-refractivity contribution in [2.75, 3.05) is 0 Å². The van der Waals surface area contributed by atoms with Gasteiger partial charge in [0.25, 0.3) is 0 Å². The topological polar surface area (TPSA) is 114 Å². The van der Waals surface area contributed by atoms with Crippen LogP contribution in [0, 0.1) is 6.92 Å². The molecule has 0 atom stereocenters. The molecule has 0 saturated heterocycles. The van der Waals surface area contributed by atoms with Gasteiger partial charge in [-0.05, 0) is 24.6 Å². The van der Waals surface area contributed by atoms with Gasteiger partial charge in [0.1, 0.15) is 20.2 Å². The monoisotopic (exact) mass is 357 g/mol. The SMILES string of the molecule is Cc1ccc(S(=O)(=O)[O-])c(S(=O)(=O)[O-])c1.[Ag+2]. The zero-order valence-electron chi connectivity index (χ0n) is 7.80. The van der Waals surface area contributed by atoms with E-state index in [4.69, 9.17) is 0 Å². The van der Waals surface area contributed by atoms with Gasteiger partial charge in [-0.1, -0.05) is 6.07 Å². The molecule has 0 fully saturated rings. The number of aryl methyl sites for hydroxylation is 1. The van der Waals surface area contributed by atoms with Gasteiger partial charge in [-0.25, -0.2) is 16.8 Å². The zero-order chi connectivity index (χ0) is 11.9. The fraction of sp³-hybridized carbons (Fsp3) is 0.143. The van der Waals surface area contributed by atoms with Crippen molar-refractivity contribution in [2.45, 2.75) is 16.7 Å². The maximum atomic E-state index is 10.7. The first-order valence-electron chi connectivity index (χ1n) is 3.65. The van der Waals surface area contributed by atoms with Gasteiger partial charge in [0, 0.05) is 0 Å². The van der Waals surface area contributed by atoms with E-state index >= 15 is 0 Å². The molecule has 0 aliphatic heterocycles. The molecule has 1 rings (SSSR count). The molecule has 1 aromatic carbocycles. The van der Waals surface area contributed by atoms with Gasteiger partial charge in [-0.3, -0.25) is 0 Å². The summed E-state index contributed by atoms with van der Waals surface area (Å²) in [5.74, 6) is 0. The molecule has 16 heavy (non-hydrogen) atoms. The van der Waals surface area contributed by atoms with E-state index in [9.17, 15) is 25.9 Å². The number of benzene rings is 1. The third-order valence-electron chi connectivity index (χ3n) is 1.64. The summed E-state index contributed by atoms with van der Waals surface area (Å²) in [6.07, 6.45) is 0. The average Bonchev–Trinajstić information content (AvgIpc) is 2.00. The van der Waals surface area contributed by atoms with E-state index in [0.717, 1.165) is 12.1 Å². The Morgan fingerprint density at radius 1 is 0.938 bits per heavy atom. The van der Waals surface area contributed by atoms with E-state index in [1.807, 2.05) is 0 Å². The molecule has 0 aliphatic carbocycles. The van der Waals surface area contributed by atoms with Gasteiger partial charge in [0.15, 0.2) is 0 Å². The van der Waals surface area contributed by atoms with E-state index in [-0.39, 0.29) is 22.4 Å². The molecule has 0 heterocycles. The summed E-state index contributed by atoms with van der Waals surface area (Å²) in [5.41, 5.74) is 0.372. The maximum absolute atomic E-state index is 10.7. The molecule has 0 amide bonds. The van der Waals surface area contributed by atoms with Crippen LogP contribution in [0.15, 0.2) is 28.0 Å². The van der Waals surface area contributed by atoms with Crippen LogP contribution in [0.2, 0.25) is 0 Å². The van der Waals surface area contributed by atoms with Crippen LogP contribution in [-0.4, -0.2) is 25.9 Å². The summed E-state index contributed by atoms with van der Waals surface area (Å²) in [5, 5.41) is 0. The van der Waals surface area contributed by atoms with Gasteiger partial charge in [-0.15, -0.1) is 0 Å². The molecule has 0 N–H and O–H groups in total. The molecular formula is C7H6AgO6S2. The third kappa shape index (κ3) is 3.67. The molecule has 0 spiro atoms. The molecule has 0 unspecified atom stereocenters. The summed E-state index contributed by atoms with van der Waals surface area (Å²) in [6.45, 7) is 1.47.